The Morgan fingerprint density at radius 3 is 2.43 bits per heavy atom. The molecule has 0 aliphatic heterocycles. The molecule has 0 atom stereocenters. The Morgan fingerprint density at radius 1 is 0.914 bits per heavy atom. The molecule has 35 heavy (non-hydrogen) atoms. The third-order valence-electron chi connectivity index (χ3n) is 5.46. The van der Waals surface area contributed by atoms with Crippen molar-refractivity contribution >= 4 is 26.7 Å². The van der Waals surface area contributed by atoms with E-state index < -0.39 is 10.0 Å². The highest BCUT2D eigenvalue weighted by Crippen LogP contribution is 2.29. The number of fused-ring (bicyclic) bond motifs is 1. The van der Waals surface area contributed by atoms with E-state index in [0.717, 1.165) is 10.9 Å². The molecule has 0 aliphatic carbocycles. The van der Waals surface area contributed by atoms with E-state index >= 15 is 0 Å². The fourth-order valence-corrected chi connectivity index (χ4v) is 4.60. The maximum Gasteiger partial charge on any atom is 0.241 e. The van der Waals surface area contributed by atoms with Crippen LogP contribution in [0.3, 0.4) is 0 Å². The number of nitrogens with one attached hydrogen (secondary N) is 2. The second-order valence-corrected chi connectivity index (χ2v) is 9.51. The summed E-state index contributed by atoms with van der Waals surface area (Å²) >= 11 is 0. The van der Waals surface area contributed by atoms with Gasteiger partial charge in [0.05, 0.1) is 31.2 Å². The van der Waals surface area contributed by atoms with Crippen LogP contribution in [-0.2, 0) is 23.1 Å². The quantitative estimate of drug-likeness (QED) is 0.358. The first-order chi connectivity index (χ1) is 16.8. The Labute approximate surface area is 203 Å². The number of methoxy groups -OCH3 is 2. The highest BCUT2D eigenvalue weighted by molar-refractivity contribution is 7.89. The van der Waals surface area contributed by atoms with Crippen LogP contribution in [0, 0.1) is 12.7 Å². The number of hydrogen-bond acceptors (Lipinski definition) is 7. The van der Waals surface area contributed by atoms with Crippen molar-refractivity contribution in [3.8, 4) is 11.5 Å². The summed E-state index contributed by atoms with van der Waals surface area (Å²) in [4.78, 5) is 9.12. The van der Waals surface area contributed by atoms with Gasteiger partial charge in [0.1, 0.15) is 17.5 Å². The van der Waals surface area contributed by atoms with E-state index in [1.54, 1.807) is 18.2 Å². The number of rotatable bonds is 9. The first kappa shape index (κ1) is 24.4. The molecule has 0 aliphatic rings. The largest absolute Gasteiger partial charge is 0.493 e. The lowest BCUT2D eigenvalue weighted by Crippen LogP contribution is -2.24. The van der Waals surface area contributed by atoms with Crippen molar-refractivity contribution in [1.29, 1.82) is 0 Å². The number of halogens is 1. The molecule has 0 radical (unpaired) electrons. The van der Waals surface area contributed by atoms with Gasteiger partial charge >= 0.3 is 0 Å². The summed E-state index contributed by atoms with van der Waals surface area (Å²) in [6.45, 7) is 1.98. The van der Waals surface area contributed by atoms with Gasteiger partial charge in [-0.1, -0.05) is 30.3 Å². The predicted octanol–water partition coefficient (Wildman–Crippen LogP) is 4.19. The summed E-state index contributed by atoms with van der Waals surface area (Å²) in [5.74, 6) is 1.16. The molecule has 0 amide bonds. The number of benzene rings is 3. The number of ether oxygens (including phenoxy) is 2. The number of aromatic nitrogens is 2. The molecule has 0 unspecified atom stereocenters. The van der Waals surface area contributed by atoms with E-state index in [0.29, 0.717) is 28.4 Å². The van der Waals surface area contributed by atoms with Gasteiger partial charge in [0, 0.05) is 23.6 Å². The molecule has 4 aromatic rings. The molecule has 0 fully saturated rings. The SMILES string of the molecule is COc1ccc(S(=O)(=O)NCc2nc(NCc3ccccc3F)c3cccc(C)c3n2)cc1OC. The van der Waals surface area contributed by atoms with Gasteiger partial charge in [-0.2, -0.15) is 0 Å². The van der Waals surface area contributed by atoms with Gasteiger partial charge in [0.25, 0.3) is 0 Å². The molecule has 0 saturated heterocycles. The van der Waals surface area contributed by atoms with E-state index in [-0.39, 0.29) is 29.6 Å². The number of nitrogens with zero attached hydrogens (tertiary/aromatic N) is 2. The summed E-state index contributed by atoms with van der Waals surface area (Å²) in [5, 5.41) is 3.93. The number of anilines is 1. The number of sulfonamides is 1. The van der Waals surface area contributed by atoms with Crippen molar-refractivity contribution in [1.82, 2.24) is 14.7 Å². The van der Waals surface area contributed by atoms with Gasteiger partial charge in [0.15, 0.2) is 11.5 Å². The third-order valence-corrected chi connectivity index (χ3v) is 6.86. The highest BCUT2D eigenvalue weighted by Gasteiger charge is 2.18. The predicted molar refractivity (Wildman–Crippen MR) is 132 cm³/mol. The van der Waals surface area contributed by atoms with Crippen LogP contribution in [0.25, 0.3) is 10.9 Å². The first-order valence-electron chi connectivity index (χ1n) is 10.8. The molecule has 1 heterocycles. The molecule has 0 spiro atoms. The van der Waals surface area contributed by atoms with Crippen LogP contribution in [-0.4, -0.2) is 32.6 Å². The molecule has 10 heteroatoms. The van der Waals surface area contributed by atoms with Crippen molar-refractivity contribution in [2.24, 2.45) is 0 Å². The summed E-state index contributed by atoms with van der Waals surface area (Å²) in [6.07, 6.45) is 0. The Hall–Kier alpha value is -3.76. The van der Waals surface area contributed by atoms with Crippen molar-refractivity contribution in [3.05, 3.63) is 83.4 Å². The molecule has 182 valence electrons. The minimum Gasteiger partial charge on any atom is -0.493 e. The number of para-hydroxylation sites is 1. The zero-order chi connectivity index (χ0) is 25.0. The van der Waals surface area contributed by atoms with Crippen molar-refractivity contribution in [2.75, 3.05) is 19.5 Å². The van der Waals surface area contributed by atoms with Gasteiger partial charge in [0.2, 0.25) is 10.0 Å². The minimum atomic E-state index is -3.89. The van der Waals surface area contributed by atoms with E-state index in [2.05, 4.69) is 20.0 Å². The molecular weight excluding hydrogens is 471 g/mol. The lowest BCUT2D eigenvalue weighted by atomic mass is 10.1. The Balaban J connectivity index is 1.62. The number of hydrogen-bond donors (Lipinski definition) is 2. The fraction of sp³-hybridized carbons (Fsp3) is 0.200. The number of aryl methyl sites for hydroxylation is 1. The lowest BCUT2D eigenvalue weighted by Gasteiger charge is -2.14. The molecule has 1 aromatic heterocycles. The van der Waals surface area contributed by atoms with Crippen LogP contribution in [0.4, 0.5) is 10.2 Å². The first-order valence-corrected chi connectivity index (χ1v) is 12.3. The smallest absolute Gasteiger partial charge is 0.241 e. The molecule has 8 nitrogen and oxygen atoms in total. The van der Waals surface area contributed by atoms with Gasteiger partial charge in [-0.3, -0.25) is 0 Å². The van der Waals surface area contributed by atoms with E-state index in [4.69, 9.17) is 9.47 Å². The summed E-state index contributed by atoms with van der Waals surface area (Å²) in [5.41, 5.74) is 2.07. The van der Waals surface area contributed by atoms with Crippen molar-refractivity contribution < 1.29 is 22.3 Å². The Morgan fingerprint density at radius 2 is 1.69 bits per heavy atom. The molecular formula is C25H25FN4O4S. The van der Waals surface area contributed by atoms with Crippen LogP contribution in [0.15, 0.2) is 65.6 Å². The zero-order valence-electron chi connectivity index (χ0n) is 19.5. The van der Waals surface area contributed by atoms with Gasteiger partial charge in [-0.15, -0.1) is 0 Å². The van der Waals surface area contributed by atoms with Crippen molar-refractivity contribution in [2.45, 2.75) is 24.9 Å². The second kappa shape index (κ2) is 10.2. The van der Waals surface area contributed by atoms with Crippen LogP contribution in [0.2, 0.25) is 0 Å². The minimum absolute atomic E-state index is 0.0185. The summed E-state index contributed by atoms with van der Waals surface area (Å²) in [7, 11) is -0.982. The molecule has 2 N–H and O–H groups in total. The lowest BCUT2D eigenvalue weighted by molar-refractivity contribution is 0.354. The fourth-order valence-electron chi connectivity index (χ4n) is 3.60. The maximum atomic E-state index is 14.1. The molecule has 3 aromatic carbocycles. The van der Waals surface area contributed by atoms with Gasteiger partial charge in [-0.05, 0) is 36.8 Å². The Bertz CT molecular complexity index is 1480. The maximum absolute atomic E-state index is 14.1. The van der Waals surface area contributed by atoms with Crippen molar-refractivity contribution in [3.63, 3.8) is 0 Å². The third kappa shape index (κ3) is 5.33. The monoisotopic (exact) mass is 496 g/mol. The summed E-state index contributed by atoms with van der Waals surface area (Å²) < 4.78 is 52.8. The van der Waals surface area contributed by atoms with E-state index in [9.17, 15) is 12.8 Å². The van der Waals surface area contributed by atoms with Crippen LogP contribution < -0.4 is 19.5 Å². The van der Waals surface area contributed by atoms with E-state index in [1.807, 2.05) is 25.1 Å². The van der Waals surface area contributed by atoms with E-state index in [1.165, 1.54) is 38.5 Å². The van der Waals surface area contributed by atoms with Crippen LogP contribution in [0.5, 0.6) is 11.5 Å². The molecule has 0 saturated carbocycles. The average molecular weight is 497 g/mol. The molecule has 0 bridgehead atoms. The second-order valence-electron chi connectivity index (χ2n) is 7.75. The highest BCUT2D eigenvalue weighted by atomic mass is 32.2. The topological polar surface area (TPSA) is 102 Å². The normalized spacial score (nSPS) is 11.4. The van der Waals surface area contributed by atoms with Crippen LogP contribution >= 0.6 is 0 Å². The van der Waals surface area contributed by atoms with Crippen LogP contribution in [0.1, 0.15) is 17.0 Å². The Kier molecular flexibility index (Phi) is 7.13. The molecule has 4 rings (SSSR count). The van der Waals surface area contributed by atoms with Gasteiger partial charge < -0.3 is 14.8 Å². The zero-order valence-corrected chi connectivity index (χ0v) is 20.3. The average Bonchev–Trinajstić information content (AvgIpc) is 2.87. The summed E-state index contributed by atoms with van der Waals surface area (Å²) in [6, 6.07) is 16.5. The standard InChI is InChI=1S/C25H25FN4O4S/c1-16-7-6-9-19-24(16)29-23(30-25(19)27-14-17-8-4-5-10-20(17)26)15-28-35(31,32)18-11-12-21(33-2)22(13-18)34-3/h4-13,28H,14-15H2,1-3H3,(H,27,29,30). The van der Waals surface area contributed by atoms with Gasteiger partial charge in [-0.25, -0.2) is 27.5 Å².